The summed E-state index contributed by atoms with van der Waals surface area (Å²) in [6.07, 6.45) is 3.05. The molecule has 2 heterocycles. The van der Waals surface area contributed by atoms with Crippen LogP contribution in [-0.2, 0) is 11.3 Å². The molecule has 142 valence electrons. The molecule has 1 aromatic carbocycles. The Bertz CT molecular complexity index is 666. The molecule has 0 spiro atoms. The topological polar surface area (TPSA) is 37.4 Å². The Morgan fingerprint density at radius 2 is 1.92 bits per heavy atom. The smallest absolute Gasteiger partial charge is 0.123 e. The quantitative estimate of drug-likeness (QED) is 0.708. The fourth-order valence-corrected chi connectivity index (χ4v) is 4.21. The average molecular weight is 378 g/mol. The van der Waals surface area contributed by atoms with Crippen LogP contribution < -0.4 is 5.32 Å². The van der Waals surface area contributed by atoms with Crippen LogP contribution in [0.4, 0.5) is 4.39 Å². The largest absolute Gasteiger partial charge is 0.373 e. The first kappa shape index (κ1) is 19.4. The maximum absolute atomic E-state index is 13.0. The summed E-state index contributed by atoms with van der Waals surface area (Å²) in [5, 5.41) is 6.49. The number of thiazole rings is 1. The Hall–Kier alpha value is -1.34. The highest BCUT2D eigenvalue weighted by Gasteiger charge is 2.21. The van der Waals surface area contributed by atoms with E-state index < -0.39 is 0 Å². The molecule has 1 aromatic heterocycles. The van der Waals surface area contributed by atoms with Crippen LogP contribution in [0.25, 0.3) is 10.6 Å². The Kier molecular flexibility index (Phi) is 7.14. The molecule has 0 amide bonds. The van der Waals surface area contributed by atoms with E-state index >= 15 is 0 Å². The second kappa shape index (κ2) is 9.55. The van der Waals surface area contributed by atoms with Crippen LogP contribution in [0.5, 0.6) is 0 Å². The van der Waals surface area contributed by atoms with Gasteiger partial charge in [0.2, 0.25) is 0 Å². The predicted molar refractivity (Wildman–Crippen MR) is 105 cm³/mol. The van der Waals surface area contributed by atoms with Gasteiger partial charge in [0.15, 0.2) is 0 Å². The highest BCUT2D eigenvalue weighted by Crippen LogP contribution is 2.23. The van der Waals surface area contributed by atoms with Gasteiger partial charge in [-0.25, -0.2) is 9.37 Å². The number of hydrogen-bond donors (Lipinski definition) is 1. The number of hydrogen-bond acceptors (Lipinski definition) is 5. The van der Waals surface area contributed by atoms with E-state index in [-0.39, 0.29) is 5.82 Å². The van der Waals surface area contributed by atoms with Gasteiger partial charge < -0.3 is 10.1 Å². The van der Waals surface area contributed by atoms with Crippen LogP contribution in [0.3, 0.4) is 0 Å². The molecule has 0 bridgehead atoms. The third kappa shape index (κ3) is 5.84. The lowest BCUT2D eigenvalue weighted by molar-refractivity contribution is -0.0681. The minimum atomic E-state index is -0.215. The maximum Gasteiger partial charge on any atom is 0.123 e. The highest BCUT2D eigenvalue weighted by atomic mass is 32.1. The zero-order valence-electron chi connectivity index (χ0n) is 15.6. The molecule has 1 saturated heterocycles. The standard InChI is InChI=1S/C20H28FN3OS/c1-15-12-24(13-16(2)25-15)10-4-3-9-22-11-19-14-26-20(23-19)17-5-7-18(21)8-6-17/h5-8,14-16,22H,3-4,9-13H2,1-2H3. The Morgan fingerprint density at radius 1 is 1.19 bits per heavy atom. The summed E-state index contributed by atoms with van der Waals surface area (Å²) >= 11 is 1.60. The van der Waals surface area contributed by atoms with E-state index in [0.29, 0.717) is 12.2 Å². The van der Waals surface area contributed by atoms with Gasteiger partial charge in [0.25, 0.3) is 0 Å². The monoisotopic (exact) mass is 377 g/mol. The van der Waals surface area contributed by atoms with Crippen molar-refractivity contribution in [3.63, 3.8) is 0 Å². The third-order valence-electron chi connectivity index (χ3n) is 4.52. The molecule has 4 nitrogen and oxygen atoms in total. The van der Waals surface area contributed by atoms with E-state index in [4.69, 9.17) is 4.74 Å². The summed E-state index contributed by atoms with van der Waals surface area (Å²) in [5.74, 6) is -0.215. The van der Waals surface area contributed by atoms with Crippen molar-refractivity contribution in [3.8, 4) is 10.6 Å². The molecular weight excluding hydrogens is 349 g/mol. The first-order chi connectivity index (χ1) is 12.6. The van der Waals surface area contributed by atoms with E-state index in [1.54, 1.807) is 23.5 Å². The molecule has 6 heteroatoms. The maximum atomic E-state index is 13.0. The predicted octanol–water partition coefficient (Wildman–Crippen LogP) is 3.93. The second-order valence-electron chi connectivity index (χ2n) is 7.05. The summed E-state index contributed by atoms with van der Waals surface area (Å²) in [5.41, 5.74) is 2.02. The van der Waals surface area contributed by atoms with Crippen molar-refractivity contribution in [2.75, 3.05) is 26.2 Å². The molecule has 3 rings (SSSR count). The second-order valence-corrected chi connectivity index (χ2v) is 7.91. The average Bonchev–Trinajstić information content (AvgIpc) is 3.06. The van der Waals surface area contributed by atoms with Gasteiger partial charge in [0.1, 0.15) is 10.8 Å². The number of nitrogens with zero attached hydrogens (tertiary/aromatic N) is 2. The third-order valence-corrected chi connectivity index (χ3v) is 5.46. The summed E-state index contributed by atoms with van der Waals surface area (Å²) < 4.78 is 18.8. The number of rotatable bonds is 8. The molecule has 26 heavy (non-hydrogen) atoms. The number of nitrogens with one attached hydrogen (secondary N) is 1. The molecule has 1 aliphatic rings. The lowest BCUT2D eigenvalue weighted by atomic mass is 10.2. The zero-order chi connectivity index (χ0) is 18.4. The minimum absolute atomic E-state index is 0.215. The van der Waals surface area contributed by atoms with Gasteiger partial charge in [-0.05, 0) is 64.0 Å². The molecule has 0 saturated carbocycles. The molecule has 0 aliphatic carbocycles. The van der Waals surface area contributed by atoms with Crippen LogP contribution in [0.2, 0.25) is 0 Å². The van der Waals surface area contributed by atoms with E-state index in [9.17, 15) is 4.39 Å². The van der Waals surface area contributed by atoms with Crippen molar-refractivity contribution in [1.82, 2.24) is 15.2 Å². The molecular formula is C20H28FN3OS. The SMILES string of the molecule is CC1CN(CCCCNCc2csc(-c3ccc(F)cc3)n2)CC(C)O1. The van der Waals surface area contributed by atoms with Crippen LogP contribution in [-0.4, -0.2) is 48.3 Å². The van der Waals surface area contributed by atoms with Crippen LogP contribution in [0, 0.1) is 5.82 Å². The molecule has 2 unspecified atom stereocenters. The minimum Gasteiger partial charge on any atom is -0.373 e. The van der Waals surface area contributed by atoms with Crippen LogP contribution >= 0.6 is 11.3 Å². The van der Waals surface area contributed by atoms with E-state index in [1.165, 1.54) is 18.6 Å². The zero-order valence-corrected chi connectivity index (χ0v) is 16.4. The van der Waals surface area contributed by atoms with Gasteiger partial charge >= 0.3 is 0 Å². The van der Waals surface area contributed by atoms with Crippen LogP contribution in [0.1, 0.15) is 32.4 Å². The lowest BCUT2D eigenvalue weighted by Gasteiger charge is -2.35. The van der Waals surface area contributed by atoms with Gasteiger partial charge in [-0.3, -0.25) is 4.90 Å². The number of benzene rings is 1. The number of morpholine rings is 1. The summed E-state index contributed by atoms with van der Waals surface area (Å²) in [6.45, 7) is 9.31. The summed E-state index contributed by atoms with van der Waals surface area (Å²) in [7, 11) is 0. The Labute approximate surface area is 159 Å². The van der Waals surface area contributed by atoms with Crippen molar-refractivity contribution in [2.24, 2.45) is 0 Å². The van der Waals surface area contributed by atoms with Gasteiger partial charge in [0.05, 0.1) is 17.9 Å². The highest BCUT2D eigenvalue weighted by molar-refractivity contribution is 7.13. The van der Waals surface area contributed by atoms with Crippen molar-refractivity contribution in [2.45, 2.75) is 45.4 Å². The Balaban J connectivity index is 1.32. The van der Waals surface area contributed by atoms with Crippen molar-refractivity contribution >= 4 is 11.3 Å². The molecule has 2 aromatic rings. The fourth-order valence-electron chi connectivity index (χ4n) is 3.38. The molecule has 0 radical (unpaired) electrons. The number of aromatic nitrogens is 1. The molecule has 1 aliphatic heterocycles. The van der Waals surface area contributed by atoms with E-state index in [0.717, 1.165) is 55.4 Å². The normalized spacial score (nSPS) is 21.2. The molecule has 1 N–H and O–H groups in total. The van der Waals surface area contributed by atoms with Crippen LogP contribution in [0.15, 0.2) is 29.6 Å². The van der Waals surface area contributed by atoms with Gasteiger partial charge in [-0.1, -0.05) is 0 Å². The van der Waals surface area contributed by atoms with Gasteiger partial charge in [-0.2, -0.15) is 0 Å². The first-order valence-electron chi connectivity index (χ1n) is 9.39. The number of unbranched alkanes of at least 4 members (excludes halogenated alkanes) is 1. The lowest BCUT2D eigenvalue weighted by Crippen LogP contribution is -2.45. The van der Waals surface area contributed by atoms with Gasteiger partial charge in [-0.15, -0.1) is 11.3 Å². The van der Waals surface area contributed by atoms with Crippen molar-refractivity contribution in [3.05, 3.63) is 41.2 Å². The number of ether oxygens (including phenoxy) is 1. The first-order valence-corrected chi connectivity index (χ1v) is 10.3. The summed E-state index contributed by atoms with van der Waals surface area (Å²) in [4.78, 5) is 7.14. The van der Waals surface area contributed by atoms with Crippen molar-refractivity contribution in [1.29, 1.82) is 0 Å². The number of halogens is 1. The van der Waals surface area contributed by atoms with Gasteiger partial charge in [0, 0.05) is 30.6 Å². The van der Waals surface area contributed by atoms with E-state index in [1.807, 2.05) is 0 Å². The van der Waals surface area contributed by atoms with Crippen molar-refractivity contribution < 1.29 is 9.13 Å². The van der Waals surface area contributed by atoms with E-state index in [2.05, 4.69) is 34.4 Å². The molecule has 2 atom stereocenters. The fraction of sp³-hybridized carbons (Fsp3) is 0.550. The summed E-state index contributed by atoms with van der Waals surface area (Å²) in [6, 6.07) is 6.51. The Morgan fingerprint density at radius 3 is 2.65 bits per heavy atom. The molecule has 1 fully saturated rings.